The van der Waals surface area contributed by atoms with Crippen molar-refractivity contribution in [2.24, 2.45) is 0 Å². The molecule has 3 nitrogen and oxygen atoms in total. The van der Waals surface area contributed by atoms with E-state index in [2.05, 4.69) is 41.4 Å². The van der Waals surface area contributed by atoms with Gasteiger partial charge in [0.05, 0.1) is 0 Å². The second-order valence-electron chi connectivity index (χ2n) is 5.29. The molecule has 2 rings (SSSR count). The Hall–Kier alpha value is -1.35. The first-order valence-electron chi connectivity index (χ1n) is 7.30. The molecular formula is C16H24N2O. The van der Waals surface area contributed by atoms with Crippen LogP contribution in [0.5, 0.6) is 0 Å². The van der Waals surface area contributed by atoms with Gasteiger partial charge in [0.25, 0.3) is 0 Å². The lowest BCUT2D eigenvalue weighted by Gasteiger charge is -2.24. The minimum atomic E-state index is 0.106. The van der Waals surface area contributed by atoms with E-state index in [9.17, 15) is 4.79 Å². The fourth-order valence-electron chi connectivity index (χ4n) is 2.58. The normalized spacial score (nSPS) is 17.4. The lowest BCUT2D eigenvalue weighted by molar-refractivity contribution is -0.120. The molecule has 1 aliphatic rings. The maximum Gasteiger partial charge on any atom is 0.219 e. The first-order valence-corrected chi connectivity index (χ1v) is 7.30. The van der Waals surface area contributed by atoms with Crippen molar-refractivity contribution in [1.29, 1.82) is 0 Å². The zero-order valence-electron chi connectivity index (χ0n) is 12.0. The van der Waals surface area contributed by atoms with E-state index in [1.165, 1.54) is 37.1 Å². The smallest absolute Gasteiger partial charge is 0.219 e. The van der Waals surface area contributed by atoms with Crippen molar-refractivity contribution < 1.29 is 4.79 Å². The molecule has 104 valence electrons. The van der Waals surface area contributed by atoms with Crippen LogP contribution < -0.4 is 5.32 Å². The van der Waals surface area contributed by atoms with Crippen LogP contribution >= 0.6 is 0 Å². The summed E-state index contributed by atoms with van der Waals surface area (Å²) >= 11 is 0. The molecule has 0 bridgehead atoms. The summed E-state index contributed by atoms with van der Waals surface area (Å²) in [5, 5.41) is 2.90. The number of amides is 1. The molecule has 1 amide bonds. The van der Waals surface area contributed by atoms with Gasteiger partial charge in [-0.05, 0) is 44.0 Å². The van der Waals surface area contributed by atoms with Crippen LogP contribution in [0.2, 0.25) is 0 Å². The monoisotopic (exact) mass is 260 g/mol. The molecule has 1 heterocycles. The highest BCUT2D eigenvalue weighted by Crippen LogP contribution is 2.24. The molecule has 1 aromatic carbocycles. The Bertz CT molecular complexity index is 407. The molecule has 1 fully saturated rings. The molecule has 1 aliphatic heterocycles. The van der Waals surface area contributed by atoms with Gasteiger partial charge in [0.15, 0.2) is 0 Å². The third kappa shape index (κ3) is 3.80. The van der Waals surface area contributed by atoms with Crippen LogP contribution in [-0.2, 0) is 11.3 Å². The summed E-state index contributed by atoms with van der Waals surface area (Å²) in [6, 6.07) is 9.13. The molecule has 0 spiro atoms. The third-order valence-electron chi connectivity index (χ3n) is 3.96. The van der Waals surface area contributed by atoms with Crippen molar-refractivity contribution in [3.63, 3.8) is 0 Å². The molecule has 1 saturated heterocycles. The minimum absolute atomic E-state index is 0.106. The average molecular weight is 260 g/mol. The van der Waals surface area contributed by atoms with Gasteiger partial charge in [-0.2, -0.15) is 0 Å². The van der Waals surface area contributed by atoms with E-state index in [4.69, 9.17) is 0 Å². The van der Waals surface area contributed by atoms with E-state index < -0.39 is 0 Å². The molecule has 19 heavy (non-hydrogen) atoms. The quantitative estimate of drug-likeness (QED) is 0.883. The molecule has 1 N–H and O–H groups in total. The lowest BCUT2D eigenvalue weighted by atomic mass is 10.0. The van der Waals surface area contributed by atoms with Crippen molar-refractivity contribution in [1.82, 2.24) is 10.2 Å². The van der Waals surface area contributed by atoms with E-state index >= 15 is 0 Å². The van der Waals surface area contributed by atoms with Gasteiger partial charge in [-0.15, -0.1) is 0 Å². The fourth-order valence-corrected chi connectivity index (χ4v) is 2.58. The number of carbonyl (C=O) groups excluding carboxylic acids is 1. The Morgan fingerprint density at radius 1 is 1.26 bits per heavy atom. The Morgan fingerprint density at radius 3 is 2.47 bits per heavy atom. The Labute approximate surface area is 116 Å². The average Bonchev–Trinajstić information content (AvgIpc) is 2.98. The van der Waals surface area contributed by atoms with Gasteiger partial charge in [-0.3, -0.25) is 9.69 Å². The van der Waals surface area contributed by atoms with Gasteiger partial charge in [0, 0.05) is 19.0 Å². The van der Waals surface area contributed by atoms with E-state index in [1.54, 1.807) is 0 Å². The molecule has 1 atom stereocenters. The number of hydrogen-bond acceptors (Lipinski definition) is 2. The highest BCUT2D eigenvalue weighted by molar-refractivity contribution is 5.75. The molecule has 0 radical (unpaired) electrons. The number of hydrogen-bond donors (Lipinski definition) is 1. The molecule has 1 aromatic rings. The van der Waals surface area contributed by atoms with E-state index in [0.29, 0.717) is 19.0 Å². The predicted molar refractivity (Wildman–Crippen MR) is 77.8 cm³/mol. The van der Waals surface area contributed by atoms with Crippen molar-refractivity contribution in [2.45, 2.75) is 45.7 Å². The molecule has 3 heteroatoms. The number of carbonyl (C=O) groups is 1. The third-order valence-corrected chi connectivity index (χ3v) is 3.96. The minimum Gasteiger partial charge on any atom is -0.352 e. The fraction of sp³-hybridized carbons (Fsp3) is 0.562. The molecular weight excluding hydrogens is 236 g/mol. The summed E-state index contributed by atoms with van der Waals surface area (Å²) in [5.41, 5.74) is 2.53. The maximum absolute atomic E-state index is 11.2. The number of rotatable bonds is 5. The van der Waals surface area contributed by atoms with Crippen LogP contribution in [-0.4, -0.2) is 23.9 Å². The summed E-state index contributed by atoms with van der Waals surface area (Å²) in [7, 11) is 0. The van der Waals surface area contributed by atoms with Crippen LogP contribution in [0.25, 0.3) is 0 Å². The Kier molecular flexibility index (Phi) is 4.97. The second-order valence-corrected chi connectivity index (χ2v) is 5.29. The summed E-state index contributed by atoms with van der Waals surface area (Å²) in [6.07, 6.45) is 3.20. The molecule has 1 unspecified atom stereocenters. The van der Waals surface area contributed by atoms with Crippen LogP contribution in [0.15, 0.2) is 24.3 Å². The van der Waals surface area contributed by atoms with Crippen LogP contribution in [0, 0.1) is 0 Å². The Morgan fingerprint density at radius 2 is 1.89 bits per heavy atom. The molecule has 0 saturated carbocycles. The number of benzene rings is 1. The SMILES string of the molecule is CCC(=O)NCc1ccc(C(C)N2CCCC2)cc1. The van der Waals surface area contributed by atoms with Gasteiger partial charge < -0.3 is 5.32 Å². The van der Waals surface area contributed by atoms with Crippen molar-refractivity contribution in [3.8, 4) is 0 Å². The van der Waals surface area contributed by atoms with Crippen molar-refractivity contribution in [3.05, 3.63) is 35.4 Å². The first-order chi connectivity index (χ1) is 9.20. The van der Waals surface area contributed by atoms with Gasteiger partial charge in [-0.1, -0.05) is 31.2 Å². The van der Waals surface area contributed by atoms with Gasteiger partial charge in [0.2, 0.25) is 5.91 Å². The zero-order chi connectivity index (χ0) is 13.7. The summed E-state index contributed by atoms with van der Waals surface area (Å²) in [6.45, 7) is 7.21. The van der Waals surface area contributed by atoms with Gasteiger partial charge in [-0.25, -0.2) is 0 Å². The maximum atomic E-state index is 11.2. The zero-order valence-corrected chi connectivity index (χ0v) is 12.0. The highest BCUT2D eigenvalue weighted by Gasteiger charge is 2.18. The number of nitrogens with zero attached hydrogens (tertiary/aromatic N) is 1. The Balaban J connectivity index is 1.92. The van der Waals surface area contributed by atoms with Crippen molar-refractivity contribution in [2.75, 3.05) is 13.1 Å². The summed E-state index contributed by atoms with van der Waals surface area (Å²) in [4.78, 5) is 13.8. The topological polar surface area (TPSA) is 32.3 Å². The molecule has 0 aliphatic carbocycles. The second kappa shape index (κ2) is 6.71. The summed E-state index contributed by atoms with van der Waals surface area (Å²) in [5.74, 6) is 0.106. The highest BCUT2D eigenvalue weighted by atomic mass is 16.1. The lowest BCUT2D eigenvalue weighted by Crippen LogP contribution is -2.23. The molecule has 0 aromatic heterocycles. The standard InChI is InChI=1S/C16H24N2O/c1-3-16(19)17-12-14-6-8-15(9-7-14)13(2)18-10-4-5-11-18/h6-9,13H,3-5,10-12H2,1-2H3,(H,17,19). The van der Waals surface area contributed by atoms with Crippen LogP contribution in [0.1, 0.15) is 50.3 Å². The van der Waals surface area contributed by atoms with Gasteiger partial charge in [0.1, 0.15) is 0 Å². The van der Waals surface area contributed by atoms with E-state index in [0.717, 1.165) is 0 Å². The van der Waals surface area contributed by atoms with E-state index in [1.807, 2.05) is 6.92 Å². The first kappa shape index (κ1) is 14.1. The predicted octanol–water partition coefficient (Wildman–Crippen LogP) is 2.87. The van der Waals surface area contributed by atoms with Crippen LogP contribution in [0.3, 0.4) is 0 Å². The number of nitrogens with one attached hydrogen (secondary N) is 1. The number of likely N-dealkylation sites (tertiary alicyclic amines) is 1. The largest absolute Gasteiger partial charge is 0.352 e. The van der Waals surface area contributed by atoms with Crippen LogP contribution in [0.4, 0.5) is 0 Å². The van der Waals surface area contributed by atoms with Gasteiger partial charge >= 0.3 is 0 Å². The summed E-state index contributed by atoms with van der Waals surface area (Å²) < 4.78 is 0. The van der Waals surface area contributed by atoms with Crippen molar-refractivity contribution >= 4 is 5.91 Å². The van der Waals surface area contributed by atoms with E-state index in [-0.39, 0.29) is 5.91 Å².